The predicted molar refractivity (Wildman–Crippen MR) is 65.9 cm³/mol. The highest BCUT2D eigenvalue weighted by Crippen LogP contribution is 2.50. The fourth-order valence-corrected chi connectivity index (χ4v) is 3.95. The van der Waals surface area contributed by atoms with Gasteiger partial charge in [-0.2, -0.15) is 5.26 Å². The average molecular weight is 220 g/mol. The van der Waals surface area contributed by atoms with Crippen LogP contribution in [-0.2, 0) is 0 Å². The molecule has 0 atom stereocenters. The Labute approximate surface area is 99.4 Å². The van der Waals surface area contributed by atoms with Crippen LogP contribution in [0.15, 0.2) is 0 Å². The molecule has 0 heterocycles. The van der Waals surface area contributed by atoms with Gasteiger partial charge in [0.25, 0.3) is 0 Å². The van der Waals surface area contributed by atoms with Crippen molar-refractivity contribution in [2.24, 2.45) is 10.8 Å². The van der Waals surface area contributed by atoms with Gasteiger partial charge in [-0.05, 0) is 42.9 Å². The van der Waals surface area contributed by atoms with E-state index in [2.05, 4.69) is 39.1 Å². The van der Waals surface area contributed by atoms with E-state index < -0.39 is 0 Å². The van der Waals surface area contributed by atoms with E-state index in [1.165, 1.54) is 19.3 Å². The maximum atomic E-state index is 9.57. The molecule has 2 aliphatic carbocycles. The molecule has 0 radical (unpaired) electrons. The molecule has 2 saturated carbocycles. The van der Waals surface area contributed by atoms with Gasteiger partial charge < -0.3 is 0 Å². The predicted octanol–water partition coefficient (Wildman–Crippen LogP) is 3.24. The molecule has 0 spiro atoms. The summed E-state index contributed by atoms with van der Waals surface area (Å²) in [4.78, 5) is 0. The van der Waals surface area contributed by atoms with Crippen LogP contribution in [0.1, 0.15) is 59.8 Å². The molecule has 1 N–H and O–H groups in total. The summed E-state index contributed by atoms with van der Waals surface area (Å²) in [5.41, 5.74) is 0.283. The third-order valence-electron chi connectivity index (χ3n) is 3.79. The van der Waals surface area contributed by atoms with Gasteiger partial charge in [0, 0.05) is 6.04 Å². The van der Waals surface area contributed by atoms with Gasteiger partial charge in [-0.25, -0.2) is 0 Å². The molecular formula is C14H24N2. The lowest BCUT2D eigenvalue weighted by atomic mass is 9.59. The minimum absolute atomic E-state index is 0.271. The SMILES string of the molecule is CC1(C)CC(C)(C)CC(C#N)(NC2CC2)C1. The zero-order chi connectivity index (χ0) is 12.0. The minimum Gasteiger partial charge on any atom is -0.297 e. The zero-order valence-corrected chi connectivity index (χ0v) is 11.1. The molecule has 0 amide bonds. The van der Waals surface area contributed by atoms with Crippen molar-refractivity contribution in [2.45, 2.75) is 71.4 Å². The van der Waals surface area contributed by atoms with E-state index in [0.29, 0.717) is 6.04 Å². The van der Waals surface area contributed by atoms with Crippen LogP contribution in [0.2, 0.25) is 0 Å². The van der Waals surface area contributed by atoms with Crippen molar-refractivity contribution in [3.8, 4) is 6.07 Å². The van der Waals surface area contributed by atoms with Gasteiger partial charge in [-0.1, -0.05) is 27.7 Å². The second-order valence-electron chi connectivity index (χ2n) is 7.47. The van der Waals surface area contributed by atoms with Crippen molar-refractivity contribution in [3.63, 3.8) is 0 Å². The number of hydrogen-bond acceptors (Lipinski definition) is 2. The third kappa shape index (κ3) is 2.58. The largest absolute Gasteiger partial charge is 0.297 e. The van der Waals surface area contributed by atoms with E-state index in [4.69, 9.17) is 0 Å². The van der Waals surface area contributed by atoms with Gasteiger partial charge >= 0.3 is 0 Å². The van der Waals surface area contributed by atoms with E-state index in [0.717, 1.165) is 12.8 Å². The number of nitrogens with one attached hydrogen (secondary N) is 1. The van der Waals surface area contributed by atoms with Crippen molar-refractivity contribution in [1.29, 1.82) is 5.26 Å². The Balaban J connectivity index is 2.20. The van der Waals surface area contributed by atoms with E-state index in [9.17, 15) is 5.26 Å². The monoisotopic (exact) mass is 220 g/mol. The van der Waals surface area contributed by atoms with Crippen LogP contribution >= 0.6 is 0 Å². The van der Waals surface area contributed by atoms with Gasteiger partial charge in [0.1, 0.15) is 5.54 Å². The molecule has 0 aromatic carbocycles. The van der Waals surface area contributed by atoms with E-state index in [1.54, 1.807) is 0 Å². The van der Waals surface area contributed by atoms with Crippen LogP contribution in [0.4, 0.5) is 0 Å². The molecule has 0 unspecified atom stereocenters. The standard InChI is InChI=1S/C14H24N2/c1-12(2)7-13(3,4)9-14(8-12,10-15)16-11-5-6-11/h11,16H,5-9H2,1-4H3. The van der Waals surface area contributed by atoms with Gasteiger partial charge in [0.05, 0.1) is 6.07 Å². The molecule has 0 aromatic heterocycles. The highest BCUT2D eigenvalue weighted by atomic mass is 15.0. The smallest absolute Gasteiger partial charge is 0.108 e. The van der Waals surface area contributed by atoms with Crippen LogP contribution in [0, 0.1) is 22.2 Å². The van der Waals surface area contributed by atoms with Crippen molar-refractivity contribution in [2.75, 3.05) is 0 Å². The number of nitriles is 1. The summed E-state index contributed by atoms with van der Waals surface area (Å²) in [6, 6.07) is 3.20. The number of nitrogens with zero attached hydrogens (tertiary/aromatic N) is 1. The van der Waals surface area contributed by atoms with Crippen molar-refractivity contribution < 1.29 is 0 Å². The van der Waals surface area contributed by atoms with Crippen LogP contribution in [0.5, 0.6) is 0 Å². The first-order valence-corrected chi connectivity index (χ1v) is 6.45. The minimum atomic E-state index is -0.271. The lowest BCUT2D eigenvalue weighted by molar-refractivity contribution is 0.0544. The molecule has 16 heavy (non-hydrogen) atoms. The normalized spacial score (nSPS) is 30.7. The molecule has 0 aliphatic heterocycles. The molecule has 0 aromatic rings. The molecule has 0 saturated heterocycles. The Kier molecular flexibility index (Phi) is 2.58. The molecular weight excluding hydrogens is 196 g/mol. The summed E-state index contributed by atoms with van der Waals surface area (Å²) >= 11 is 0. The van der Waals surface area contributed by atoms with Crippen LogP contribution in [-0.4, -0.2) is 11.6 Å². The lowest BCUT2D eigenvalue weighted by Gasteiger charge is -2.49. The van der Waals surface area contributed by atoms with Crippen LogP contribution in [0.3, 0.4) is 0 Å². The summed E-state index contributed by atoms with van der Waals surface area (Å²) in [7, 11) is 0. The quantitative estimate of drug-likeness (QED) is 0.775. The molecule has 0 bridgehead atoms. The first kappa shape index (κ1) is 11.9. The van der Waals surface area contributed by atoms with Crippen molar-refractivity contribution in [1.82, 2.24) is 5.32 Å². The second kappa shape index (κ2) is 3.47. The highest BCUT2D eigenvalue weighted by Gasteiger charge is 2.49. The summed E-state index contributed by atoms with van der Waals surface area (Å²) in [5, 5.41) is 13.2. The third-order valence-corrected chi connectivity index (χ3v) is 3.79. The second-order valence-corrected chi connectivity index (χ2v) is 7.47. The Morgan fingerprint density at radius 3 is 1.88 bits per heavy atom. The zero-order valence-electron chi connectivity index (χ0n) is 11.1. The van der Waals surface area contributed by atoms with Gasteiger partial charge in [-0.15, -0.1) is 0 Å². The van der Waals surface area contributed by atoms with Crippen LogP contribution in [0.25, 0.3) is 0 Å². The summed E-state index contributed by atoms with van der Waals surface area (Å²) in [6.07, 6.45) is 5.72. The fourth-order valence-electron chi connectivity index (χ4n) is 3.95. The summed E-state index contributed by atoms with van der Waals surface area (Å²) < 4.78 is 0. The lowest BCUT2D eigenvalue weighted by Crippen LogP contribution is -2.54. The average Bonchev–Trinajstić information content (AvgIpc) is 2.82. The number of hydrogen-bond donors (Lipinski definition) is 1. The molecule has 2 nitrogen and oxygen atoms in total. The van der Waals surface area contributed by atoms with Crippen molar-refractivity contribution in [3.05, 3.63) is 0 Å². The molecule has 2 heteroatoms. The highest BCUT2D eigenvalue weighted by molar-refractivity contribution is 5.16. The molecule has 2 fully saturated rings. The van der Waals surface area contributed by atoms with Gasteiger partial charge in [0.15, 0.2) is 0 Å². The maximum Gasteiger partial charge on any atom is 0.108 e. The van der Waals surface area contributed by atoms with Crippen molar-refractivity contribution >= 4 is 0 Å². The summed E-state index contributed by atoms with van der Waals surface area (Å²) in [6.45, 7) is 9.20. The van der Waals surface area contributed by atoms with Gasteiger partial charge in [-0.3, -0.25) is 5.32 Å². The molecule has 2 aliphatic rings. The van der Waals surface area contributed by atoms with Crippen LogP contribution < -0.4 is 5.32 Å². The molecule has 2 rings (SSSR count). The Morgan fingerprint density at radius 2 is 1.50 bits per heavy atom. The van der Waals surface area contributed by atoms with E-state index in [-0.39, 0.29) is 16.4 Å². The topological polar surface area (TPSA) is 35.8 Å². The Hall–Kier alpha value is -0.550. The van der Waals surface area contributed by atoms with E-state index in [1.807, 2.05) is 0 Å². The van der Waals surface area contributed by atoms with Gasteiger partial charge in [0.2, 0.25) is 0 Å². The fraction of sp³-hybridized carbons (Fsp3) is 0.929. The Morgan fingerprint density at radius 1 is 1.00 bits per heavy atom. The Bertz CT molecular complexity index is 302. The maximum absolute atomic E-state index is 9.57. The number of rotatable bonds is 2. The first-order valence-electron chi connectivity index (χ1n) is 6.45. The van der Waals surface area contributed by atoms with E-state index >= 15 is 0 Å². The first-order chi connectivity index (χ1) is 7.26. The summed E-state index contributed by atoms with van der Waals surface area (Å²) in [5.74, 6) is 0. The molecule has 90 valence electrons.